The van der Waals surface area contributed by atoms with E-state index in [2.05, 4.69) is 22.2 Å². The minimum atomic E-state index is -0.219. The Morgan fingerprint density at radius 3 is 2.68 bits per heavy atom. The highest BCUT2D eigenvalue weighted by molar-refractivity contribution is 5.76. The maximum Gasteiger partial charge on any atom is 0.220 e. The Bertz CT molecular complexity index is 560. The van der Waals surface area contributed by atoms with E-state index >= 15 is 0 Å². The van der Waals surface area contributed by atoms with Gasteiger partial charge in [-0.2, -0.15) is 5.10 Å². The number of likely N-dealkylation sites (tertiary alicyclic amines) is 1. The van der Waals surface area contributed by atoms with E-state index in [1.165, 1.54) is 13.0 Å². The zero-order valence-electron chi connectivity index (χ0n) is 15.5. The van der Waals surface area contributed by atoms with Crippen LogP contribution in [0, 0.1) is 11.8 Å². The molecule has 2 aliphatic rings. The van der Waals surface area contributed by atoms with Crippen molar-refractivity contribution in [3.8, 4) is 0 Å². The molecule has 0 unspecified atom stereocenters. The summed E-state index contributed by atoms with van der Waals surface area (Å²) in [5.41, 5.74) is 1.05. The van der Waals surface area contributed by atoms with Gasteiger partial charge in [0, 0.05) is 25.2 Å². The zero-order chi connectivity index (χ0) is 17.8. The lowest BCUT2D eigenvalue weighted by Crippen LogP contribution is -2.42. The van der Waals surface area contributed by atoms with Crippen LogP contribution < -0.4 is 5.32 Å². The topological polar surface area (TPSA) is 70.4 Å². The number of hydrogen-bond donors (Lipinski definition) is 2. The summed E-state index contributed by atoms with van der Waals surface area (Å²) in [6.45, 7) is 5.63. The summed E-state index contributed by atoms with van der Waals surface area (Å²) in [6.07, 6.45) is 9.16. The second kappa shape index (κ2) is 8.32. The highest BCUT2D eigenvalue weighted by Gasteiger charge is 2.36. The Labute approximate surface area is 150 Å². The molecule has 0 radical (unpaired) electrons. The quantitative estimate of drug-likeness (QED) is 0.789. The Hall–Kier alpha value is -1.40. The molecule has 1 aromatic rings. The van der Waals surface area contributed by atoms with Crippen LogP contribution in [-0.2, 0) is 11.8 Å². The maximum atomic E-state index is 12.6. The molecule has 1 aliphatic carbocycles. The van der Waals surface area contributed by atoms with Crippen molar-refractivity contribution in [2.75, 3.05) is 19.6 Å². The van der Waals surface area contributed by atoms with Gasteiger partial charge in [-0.15, -0.1) is 0 Å². The first-order chi connectivity index (χ1) is 12.0. The molecule has 1 aromatic heterocycles. The molecule has 1 saturated carbocycles. The van der Waals surface area contributed by atoms with Crippen LogP contribution in [0.5, 0.6) is 0 Å². The van der Waals surface area contributed by atoms with E-state index in [9.17, 15) is 9.90 Å². The second-order valence-electron chi connectivity index (χ2n) is 7.87. The van der Waals surface area contributed by atoms with Gasteiger partial charge < -0.3 is 15.3 Å². The molecule has 1 atom stereocenters. The third-order valence-electron chi connectivity index (χ3n) is 5.74. The number of aliphatic hydroxyl groups excluding tert-OH is 1. The average Bonchev–Trinajstić information content (AvgIpc) is 2.98. The maximum absolute atomic E-state index is 12.6. The first-order valence-electron chi connectivity index (χ1n) is 9.73. The number of carbonyl (C=O) groups excluding carboxylic acids is 1. The van der Waals surface area contributed by atoms with Crippen LogP contribution in [0.2, 0.25) is 0 Å². The molecule has 1 aliphatic heterocycles. The number of aryl methyl sites for hydroxylation is 1. The number of aromatic nitrogens is 2. The Kier molecular flexibility index (Phi) is 6.12. The molecule has 2 fully saturated rings. The van der Waals surface area contributed by atoms with E-state index in [1.54, 1.807) is 4.68 Å². The van der Waals surface area contributed by atoms with Crippen LogP contribution in [0.15, 0.2) is 12.4 Å². The van der Waals surface area contributed by atoms with E-state index in [-0.39, 0.29) is 18.1 Å². The minimum absolute atomic E-state index is 0.0234. The molecule has 1 amide bonds. The highest BCUT2D eigenvalue weighted by Crippen LogP contribution is 2.38. The van der Waals surface area contributed by atoms with Crippen molar-refractivity contribution in [2.24, 2.45) is 18.9 Å². The average molecular weight is 348 g/mol. The fraction of sp³-hybridized carbons (Fsp3) is 0.789. The number of piperidine rings is 1. The first-order valence-corrected chi connectivity index (χ1v) is 9.73. The van der Waals surface area contributed by atoms with Crippen LogP contribution in [0.1, 0.15) is 57.1 Å². The molecule has 0 bridgehead atoms. The van der Waals surface area contributed by atoms with E-state index in [1.807, 2.05) is 19.4 Å². The minimum Gasteiger partial charge on any atom is -0.393 e. The summed E-state index contributed by atoms with van der Waals surface area (Å²) in [6, 6.07) is -0.0234. The number of nitrogens with zero attached hydrogens (tertiary/aromatic N) is 3. The van der Waals surface area contributed by atoms with Crippen molar-refractivity contribution in [1.29, 1.82) is 0 Å². The van der Waals surface area contributed by atoms with Crippen molar-refractivity contribution in [3.05, 3.63) is 18.0 Å². The van der Waals surface area contributed by atoms with Crippen LogP contribution in [-0.4, -0.2) is 51.4 Å². The van der Waals surface area contributed by atoms with Crippen LogP contribution in [0.4, 0.5) is 0 Å². The molecule has 6 heteroatoms. The smallest absolute Gasteiger partial charge is 0.220 e. The first kappa shape index (κ1) is 18.4. The predicted molar refractivity (Wildman–Crippen MR) is 96.9 cm³/mol. The van der Waals surface area contributed by atoms with Crippen LogP contribution in [0.3, 0.4) is 0 Å². The van der Waals surface area contributed by atoms with Gasteiger partial charge in [0.15, 0.2) is 0 Å². The van der Waals surface area contributed by atoms with E-state index < -0.39 is 0 Å². The summed E-state index contributed by atoms with van der Waals surface area (Å²) in [4.78, 5) is 15.1. The van der Waals surface area contributed by atoms with Crippen LogP contribution in [0.25, 0.3) is 0 Å². The third kappa shape index (κ3) is 4.82. The molecule has 2 N–H and O–H groups in total. The summed E-state index contributed by atoms with van der Waals surface area (Å²) >= 11 is 0. The number of aliphatic hydroxyl groups is 1. The summed E-state index contributed by atoms with van der Waals surface area (Å²) in [5, 5.41) is 17.1. The van der Waals surface area contributed by atoms with Gasteiger partial charge in [0.1, 0.15) is 0 Å². The number of hydrogen-bond acceptors (Lipinski definition) is 4. The van der Waals surface area contributed by atoms with Crippen molar-refractivity contribution in [2.45, 2.75) is 57.6 Å². The second-order valence-corrected chi connectivity index (χ2v) is 7.87. The van der Waals surface area contributed by atoms with Gasteiger partial charge in [-0.25, -0.2) is 0 Å². The lowest BCUT2D eigenvalue weighted by molar-refractivity contribution is -0.124. The summed E-state index contributed by atoms with van der Waals surface area (Å²) in [5.74, 6) is 0.952. The summed E-state index contributed by atoms with van der Waals surface area (Å²) in [7, 11) is 1.89. The van der Waals surface area contributed by atoms with Gasteiger partial charge in [0.2, 0.25) is 5.91 Å². The molecule has 0 spiro atoms. The lowest BCUT2D eigenvalue weighted by Gasteiger charge is -2.38. The van der Waals surface area contributed by atoms with Crippen molar-refractivity contribution in [3.63, 3.8) is 0 Å². The molecular weight excluding hydrogens is 316 g/mol. The Balaban J connectivity index is 1.52. The van der Waals surface area contributed by atoms with Crippen molar-refractivity contribution >= 4 is 5.91 Å². The SMILES string of the molecule is CCCN1CCC(CC(=O)N[C@@H](c2cnn(C)c2)C2CC(O)C2)CC1. The monoisotopic (exact) mass is 348 g/mol. The molecule has 3 rings (SSSR count). The number of nitrogens with one attached hydrogen (secondary N) is 1. The largest absolute Gasteiger partial charge is 0.393 e. The molecule has 0 aromatic carbocycles. The number of carbonyl (C=O) groups is 1. The highest BCUT2D eigenvalue weighted by atomic mass is 16.3. The summed E-state index contributed by atoms with van der Waals surface area (Å²) < 4.78 is 1.77. The molecule has 140 valence electrons. The van der Waals surface area contributed by atoms with E-state index in [0.29, 0.717) is 18.3 Å². The molecule has 25 heavy (non-hydrogen) atoms. The van der Waals surface area contributed by atoms with Gasteiger partial charge in [0.25, 0.3) is 0 Å². The Morgan fingerprint density at radius 1 is 1.40 bits per heavy atom. The molecule has 1 saturated heterocycles. The van der Waals surface area contributed by atoms with Gasteiger partial charge in [-0.05, 0) is 63.6 Å². The van der Waals surface area contributed by atoms with Crippen molar-refractivity contribution in [1.82, 2.24) is 20.0 Å². The lowest BCUT2D eigenvalue weighted by atomic mass is 9.75. The van der Waals surface area contributed by atoms with Gasteiger partial charge in [-0.1, -0.05) is 6.92 Å². The normalized spacial score (nSPS) is 26.2. The molecular formula is C19H32N4O2. The molecule has 2 heterocycles. The van der Waals surface area contributed by atoms with Crippen LogP contribution >= 0.6 is 0 Å². The zero-order valence-corrected chi connectivity index (χ0v) is 15.5. The fourth-order valence-corrected chi connectivity index (χ4v) is 4.20. The third-order valence-corrected chi connectivity index (χ3v) is 5.74. The number of rotatable bonds is 7. The van der Waals surface area contributed by atoms with Gasteiger partial charge >= 0.3 is 0 Å². The van der Waals surface area contributed by atoms with E-state index in [4.69, 9.17) is 0 Å². The standard InChI is InChI=1S/C19H32N4O2/c1-3-6-23-7-4-14(5-8-23)9-18(25)21-19(15-10-17(24)11-15)16-12-20-22(2)13-16/h12-15,17,19,24H,3-11H2,1-2H3,(H,21,25)/t15?,17?,19-/m1/s1. The van der Waals surface area contributed by atoms with E-state index in [0.717, 1.165) is 44.3 Å². The van der Waals surface area contributed by atoms with Crippen molar-refractivity contribution < 1.29 is 9.90 Å². The van der Waals surface area contributed by atoms with Gasteiger partial charge in [0.05, 0.1) is 18.3 Å². The Morgan fingerprint density at radius 2 is 2.12 bits per heavy atom. The number of amides is 1. The predicted octanol–water partition coefficient (Wildman–Crippen LogP) is 1.86. The molecule has 6 nitrogen and oxygen atoms in total. The van der Waals surface area contributed by atoms with Gasteiger partial charge in [-0.3, -0.25) is 9.48 Å². The fourth-order valence-electron chi connectivity index (χ4n) is 4.20.